The summed E-state index contributed by atoms with van der Waals surface area (Å²) in [6.45, 7) is 2.05. The summed E-state index contributed by atoms with van der Waals surface area (Å²) in [6, 6.07) is 16.8. The highest BCUT2D eigenvalue weighted by atomic mass is 32.1. The van der Waals surface area contributed by atoms with E-state index < -0.39 is 0 Å². The Labute approximate surface area is 173 Å². The van der Waals surface area contributed by atoms with Crippen LogP contribution in [0.3, 0.4) is 0 Å². The number of nitrogens with zero attached hydrogens (tertiary/aromatic N) is 2. The highest BCUT2D eigenvalue weighted by Gasteiger charge is 2.29. The van der Waals surface area contributed by atoms with Crippen molar-refractivity contribution >= 4 is 38.4 Å². The molecule has 0 saturated carbocycles. The lowest BCUT2D eigenvalue weighted by atomic mass is 10.1. The van der Waals surface area contributed by atoms with E-state index in [-0.39, 0.29) is 11.9 Å². The Morgan fingerprint density at radius 2 is 2.07 bits per heavy atom. The van der Waals surface area contributed by atoms with Gasteiger partial charge in [0.1, 0.15) is 5.01 Å². The largest absolute Gasteiger partial charge is 0.361 e. The average Bonchev–Trinajstić information content (AvgIpc) is 3.46. The molecule has 1 saturated heterocycles. The molecule has 6 heteroatoms. The van der Waals surface area contributed by atoms with E-state index in [0.29, 0.717) is 13.1 Å². The lowest BCUT2D eigenvalue weighted by Gasteiger charge is -2.22. The first kappa shape index (κ1) is 18.3. The molecule has 1 unspecified atom stereocenters. The topological polar surface area (TPSA) is 61.0 Å². The summed E-state index contributed by atoms with van der Waals surface area (Å²) < 4.78 is 1.22. The highest BCUT2D eigenvalue weighted by Crippen LogP contribution is 2.36. The van der Waals surface area contributed by atoms with E-state index in [1.54, 1.807) is 11.3 Å². The summed E-state index contributed by atoms with van der Waals surface area (Å²) in [5.41, 5.74) is 3.45. The van der Waals surface area contributed by atoms with Gasteiger partial charge in [-0.05, 0) is 49.6 Å². The molecule has 29 heavy (non-hydrogen) atoms. The van der Waals surface area contributed by atoms with Crippen molar-refractivity contribution in [2.24, 2.45) is 0 Å². The first-order chi connectivity index (χ1) is 14.3. The van der Waals surface area contributed by atoms with Gasteiger partial charge >= 0.3 is 0 Å². The number of aromatic amines is 1. The number of hydrogen-bond acceptors (Lipinski definition) is 4. The molecule has 1 atom stereocenters. The van der Waals surface area contributed by atoms with E-state index in [9.17, 15) is 4.79 Å². The van der Waals surface area contributed by atoms with Gasteiger partial charge in [0, 0.05) is 23.6 Å². The molecule has 2 aromatic heterocycles. The molecule has 3 heterocycles. The van der Waals surface area contributed by atoms with Crippen molar-refractivity contribution in [3.05, 3.63) is 65.3 Å². The number of likely N-dealkylation sites (tertiary alicyclic amines) is 1. The number of nitrogens with one attached hydrogen (secondary N) is 2. The van der Waals surface area contributed by atoms with Crippen LogP contribution in [0.25, 0.3) is 21.1 Å². The molecule has 5 rings (SSSR count). The third kappa shape index (κ3) is 3.78. The van der Waals surface area contributed by atoms with Crippen LogP contribution < -0.4 is 5.32 Å². The van der Waals surface area contributed by atoms with Crippen molar-refractivity contribution < 1.29 is 4.79 Å². The third-order valence-electron chi connectivity index (χ3n) is 5.70. The molecular weight excluding hydrogens is 380 g/mol. The Morgan fingerprint density at radius 3 is 3.00 bits per heavy atom. The van der Waals surface area contributed by atoms with Gasteiger partial charge in [0.25, 0.3) is 0 Å². The number of carbonyl (C=O) groups excluding carboxylic acids is 1. The molecule has 148 valence electrons. The van der Waals surface area contributed by atoms with Gasteiger partial charge in [-0.25, -0.2) is 4.98 Å². The molecule has 5 nitrogen and oxygen atoms in total. The zero-order valence-electron chi connectivity index (χ0n) is 16.2. The van der Waals surface area contributed by atoms with Crippen LogP contribution in [-0.4, -0.2) is 40.4 Å². The summed E-state index contributed by atoms with van der Waals surface area (Å²) >= 11 is 1.75. The Hall–Kier alpha value is -2.70. The predicted octanol–water partition coefficient (Wildman–Crippen LogP) is 4.27. The van der Waals surface area contributed by atoms with E-state index in [4.69, 9.17) is 4.98 Å². The zero-order valence-corrected chi connectivity index (χ0v) is 17.0. The minimum atomic E-state index is 0.0952. The van der Waals surface area contributed by atoms with Crippen molar-refractivity contribution in [2.75, 3.05) is 19.6 Å². The third-order valence-corrected chi connectivity index (χ3v) is 6.83. The number of amides is 1. The van der Waals surface area contributed by atoms with Crippen molar-refractivity contribution in [2.45, 2.75) is 25.3 Å². The second-order valence-electron chi connectivity index (χ2n) is 7.61. The molecule has 2 aromatic carbocycles. The Morgan fingerprint density at radius 1 is 1.21 bits per heavy atom. The van der Waals surface area contributed by atoms with Crippen LogP contribution in [-0.2, 0) is 11.2 Å². The van der Waals surface area contributed by atoms with E-state index >= 15 is 0 Å². The van der Waals surface area contributed by atoms with Crippen LogP contribution in [0, 0.1) is 0 Å². The minimum absolute atomic E-state index is 0.0952. The molecule has 1 amide bonds. The Bertz CT molecular complexity index is 1110. The van der Waals surface area contributed by atoms with Gasteiger partial charge in [-0.1, -0.05) is 30.3 Å². The maximum Gasteiger partial charge on any atom is 0.234 e. The van der Waals surface area contributed by atoms with Crippen molar-refractivity contribution in [1.29, 1.82) is 0 Å². The Kier molecular flexibility index (Phi) is 5.04. The monoisotopic (exact) mass is 404 g/mol. The summed E-state index contributed by atoms with van der Waals surface area (Å²) in [5, 5.41) is 5.47. The average molecular weight is 405 g/mol. The fourth-order valence-corrected chi connectivity index (χ4v) is 5.38. The van der Waals surface area contributed by atoms with Gasteiger partial charge in [0.2, 0.25) is 5.91 Å². The highest BCUT2D eigenvalue weighted by molar-refractivity contribution is 7.18. The van der Waals surface area contributed by atoms with Gasteiger partial charge in [-0.2, -0.15) is 0 Å². The number of benzene rings is 2. The van der Waals surface area contributed by atoms with Crippen LogP contribution in [0.5, 0.6) is 0 Å². The Balaban J connectivity index is 1.18. The lowest BCUT2D eigenvalue weighted by molar-refractivity contribution is -0.122. The predicted molar refractivity (Wildman–Crippen MR) is 118 cm³/mol. The zero-order chi connectivity index (χ0) is 19.6. The van der Waals surface area contributed by atoms with Gasteiger partial charge < -0.3 is 10.3 Å². The molecule has 0 aliphatic carbocycles. The number of rotatable bonds is 6. The number of para-hydroxylation sites is 2. The van der Waals surface area contributed by atoms with Gasteiger partial charge in [-0.15, -0.1) is 11.3 Å². The normalized spacial score (nSPS) is 17.3. The fourth-order valence-electron chi connectivity index (χ4n) is 4.24. The van der Waals surface area contributed by atoms with E-state index in [1.165, 1.54) is 15.6 Å². The second kappa shape index (κ2) is 7.97. The van der Waals surface area contributed by atoms with Crippen molar-refractivity contribution in [3.8, 4) is 0 Å². The molecule has 0 radical (unpaired) electrons. The SMILES string of the molecule is O=C(CN1CCCC1c1nc2ccccc2s1)NCCc1c[nH]c2ccccc12. The fraction of sp³-hybridized carbons (Fsp3) is 0.304. The van der Waals surface area contributed by atoms with E-state index in [2.05, 4.69) is 45.5 Å². The van der Waals surface area contributed by atoms with Gasteiger partial charge in [0.15, 0.2) is 0 Å². The molecule has 1 fully saturated rings. The van der Waals surface area contributed by atoms with Crippen LogP contribution in [0.1, 0.15) is 29.5 Å². The number of fused-ring (bicyclic) bond motifs is 2. The second-order valence-corrected chi connectivity index (χ2v) is 8.67. The maximum atomic E-state index is 12.6. The number of thiazole rings is 1. The summed E-state index contributed by atoms with van der Waals surface area (Å²) in [6.07, 6.45) is 5.06. The molecule has 1 aliphatic heterocycles. The van der Waals surface area contributed by atoms with Crippen LogP contribution in [0.4, 0.5) is 0 Å². The molecule has 0 spiro atoms. The number of aromatic nitrogens is 2. The molecular formula is C23H24N4OS. The number of H-pyrrole nitrogens is 1. The molecule has 1 aliphatic rings. The number of carbonyl (C=O) groups is 1. The van der Waals surface area contributed by atoms with E-state index in [1.807, 2.05) is 24.4 Å². The quantitative estimate of drug-likeness (QED) is 0.504. The van der Waals surface area contributed by atoms with Crippen molar-refractivity contribution in [1.82, 2.24) is 20.2 Å². The van der Waals surface area contributed by atoms with Crippen molar-refractivity contribution in [3.63, 3.8) is 0 Å². The van der Waals surface area contributed by atoms with Crippen LogP contribution >= 0.6 is 11.3 Å². The lowest BCUT2D eigenvalue weighted by Crippen LogP contribution is -2.37. The van der Waals surface area contributed by atoms with E-state index in [0.717, 1.165) is 41.8 Å². The summed E-state index contributed by atoms with van der Waals surface area (Å²) in [5.74, 6) is 0.0952. The van der Waals surface area contributed by atoms with Gasteiger partial charge in [0.05, 0.1) is 22.8 Å². The summed E-state index contributed by atoms with van der Waals surface area (Å²) in [4.78, 5) is 23.0. The van der Waals surface area contributed by atoms with Gasteiger partial charge in [-0.3, -0.25) is 9.69 Å². The van der Waals surface area contributed by atoms with Crippen LogP contribution in [0.15, 0.2) is 54.7 Å². The first-order valence-electron chi connectivity index (χ1n) is 10.2. The number of hydrogen-bond donors (Lipinski definition) is 2. The molecule has 0 bridgehead atoms. The van der Waals surface area contributed by atoms with Crippen LogP contribution in [0.2, 0.25) is 0 Å². The standard InChI is InChI=1S/C23H24N4OS/c28-22(24-12-11-16-14-25-18-7-2-1-6-17(16)18)15-27-13-5-9-20(27)23-26-19-8-3-4-10-21(19)29-23/h1-4,6-8,10,14,20,25H,5,9,11-13,15H2,(H,24,28). The maximum absolute atomic E-state index is 12.6. The molecule has 4 aromatic rings. The molecule has 2 N–H and O–H groups in total. The first-order valence-corrected chi connectivity index (χ1v) is 11.0. The smallest absolute Gasteiger partial charge is 0.234 e. The summed E-state index contributed by atoms with van der Waals surface area (Å²) in [7, 11) is 0. The minimum Gasteiger partial charge on any atom is -0.361 e.